The van der Waals surface area contributed by atoms with Crippen LogP contribution in [-0.2, 0) is 9.53 Å². The molecule has 0 saturated heterocycles. The third kappa shape index (κ3) is 1.49. The van der Waals surface area contributed by atoms with Crippen molar-refractivity contribution in [2.24, 2.45) is 5.41 Å². The standard InChI is InChI=1S/C13H21NO2/c1-4-12(15)14(3)10-9-11(16-5-2)13(10)7-6-8-13/h4,10-11H,1,5-9H2,2-3H3. The van der Waals surface area contributed by atoms with E-state index in [9.17, 15) is 4.79 Å². The van der Waals surface area contributed by atoms with Crippen molar-refractivity contribution >= 4 is 5.91 Å². The molecule has 1 amide bonds. The van der Waals surface area contributed by atoms with Gasteiger partial charge < -0.3 is 9.64 Å². The molecule has 2 saturated carbocycles. The molecule has 2 fully saturated rings. The van der Waals surface area contributed by atoms with Gasteiger partial charge in [0.05, 0.1) is 6.10 Å². The average Bonchev–Trinajstić information content (AvgIpc) is 2.19. The summed E-state index contributed by atoms with van der Waals surface area (Å²) in [5, 5.41) is 0. The summed E-state index contributed by atoms with van der Waals surface area (Å²) in [6.07, 6.45) is 6.45. The fourth-order valence-electron chi connectivity index (χ4n) is 3.24. The Balaban J connectivity index is 2.03. The highest BCUT2D eigenvalue weighted by Gasteiger charge is 2.60. The summed E-state index contributed by atoms with van der Waals surface area (Å²) in [5.41, 5.74) is 0.267. The summed E-state index contributed by atoms with van der Waals surface area (Å²) in [5.74, 6) is 0.0335. The van der Waals surface area contributed by atoms with Crippen LogP contribution in [0.2, 0.25) is 0 Å². The third-order valence-electron chi connectivity index (χ3n) is 4.38. The van der Waals surface area contributed by atoms with Gasteiger partial charge in [0.25, 0.3) is 0 Å². The average molecular weight is 223 g/mol. The lowest BCUT2D eigenvalue weighted by molar-refractivity contribution is -0.200. The molecule has 0 aromatic rings. The maximum Gasteiger partial charge on any atom is 0.245 e. The summed E-state index contributed by atoms with van der Waals surface area (Å²) >= 11 is 0. The number of rotatable bonds is 4. The minimum absolute atomic E-state index is 0.0335. The van der Waals surface area contributed by atoms with Crippen molar-refractivity contribution in [3.8, 4) is 0 Å². The van der Waals surface area contributed by atoms with Crippen LogP contribution in [-0.4, -0.2) is 36.6 Å². The number of likely N-dealkylation sites (N-methyl/N-ethyl adjacent to an activating group) is 1. The van der Waals surface area contributed by atoms with Crippen LogP contribution in [0.4, 0.5) is 0 Å². The number of hydrogen-bond acceptors (Lipinski definition) is 2. The Bertz CT molecular complexity index is 296. The lowest BCUT2D eigenvalue weighted by Crippen LogP contribution is -2.67. The Hall–Kier alpha value is -0.830. The second-order valence-corrected chi connectivity index (χ2v) is 4.94. The Kier molecular flexibility index (Phi) is 3.06. The zero-order valence-electron chi connectivity index (χ0n) is 10.2. The van der Waals surface area contributed by atoms with Gasteiger partial charge in [-0.3, -0.25) is 4.79 Å². The number of hydrogen-bond donors (Lipinski definition) is 0. The lowest BCUT2D eigenvalue weighted by Gasteiger charge is -2.63. The largest absolute Gasteiger partial charge is 0.378 e. The Morgan fingerprint density at radius 3 is 2.75 bits per heavy atom. The van der Waals surface area contributed by atoms with E-state index >= 15 is 0 Å². The monoisotopic (exact) mass is 223 g/mol. The van der Waals surface area contributed by atoms with Gasteiger partial charge in [-0.1, -0.05) is 13.0 Å². The molecule has 2 aliphatic rings. The minimum Gasteiger partial charge on any atom is -0.378 e. The first kappa shape index (κ1) is 11.6. The van der Waals surface area contributed by atoms with E-state index in [1.54, 1.807) is 0 Å². The highest BCUT2D eigenvalue weighted by molar-refractivity contribution is 5.87. The quantitative estimate of drug-likeness (QED) is 0.682. The van der Waals surface area contributed by atoms with E-state index < -0.39 is 0 Å². The summed E-state index contributed by atoms with van der Waals surface area (Å²) in [6.45, 7) is 6.36. The fourth-order valence-corrected chi connectivity index (χ4v) is 3.24. The van der Waals surface area contributed by atoms with Crippen molar-refractivity contribution in [2.75, 3.05) is 13.7 Å². The predicted octanol–water partition coefficient (Wildman–Crippen LogP) is 1.98. The molecule has 0 N–H and O–H groups in total. The second-order valence-electron chi connectivity index (χ2n) is 4.94. The fraction of sp³-hybridized carbons (Fsp3) is 0.769. The van der Waals surface area contributed by atoms with Crippen molar-refractivity contribution in [2.45, 2.75) is 44.8 Å². The van der Waals surface area contributed by atoms with E-state index in [1.165, 1.54) is 25.3 Å². The van der Waals surface area contributed by atoms with Crippen molar-refractivity contribution in [1.82, 2.24) is 4.90 Å². The first-order valence-corrected chi connectivity index (χ1v) is 6.16. The molecule has 3 heteroatoms. The van der Waals surface area contributed by atoms with E-state index in [0.29, 0.717) is 12.1 Å². The zero-order chi connectivity index (χ0) is 11.8. The highest BCUT2D eigenvalue weighted by atomic mass is 16.5. The molecule has 3 nitrogen and oxygen atoms in total. The normalized spacial score (nSPS) is 30.4. The van der Waals surface area contributed by atoms with Gasteiger partial charge in [0.2, 0.25) is 5.91 Å². The number of carbonyl (C=O) groups excluding carboxylic acids is 1. The number of amides is 1. The van der Waals surface area contributed by atoms with Crippen LogP contribution in [0.15, 0.2) is 12.7 Å². The van der Waals surface area contributed by atoms with E-state index in [1.807, 2.05) is 18.9 Å². The van der Waals surface area contributed by atoms with E-state index in [2.05, 4.69) is 6.58 Å². The predicted molar refractivity (Wildman–Crippen MR) is 63.1 cm³/mol. The molecule has 0 bridgehead atoms. The second kappa shape index (κ2) is 4.21. The SMILES string of the molecule is C=CC(=O)N(C)C1CC(OCC)C12CCC2. The molecule has 0 aliphatic heterocycles. The number of ether oxygens (including phenoxy) is 1. The molecule has 90 valence electrons. The molecule has 0 aromatic carbocycles. The molecule has 2 unspecified atom stereocenters. The summed E-state index contributed by atoms with van der Waals surface area (Å²) in [6, 6.07) is 0.364. The van der Waals surface area contributed by atoms with Gasteiger partial charge in [-0.2, -0.15) is 0 Å². The van der Waals surface area contributed by atoms with Gasteiger partial charge in [0.15, 0.2) is 0 Å². The molecule has 0 radical (unpaired) electrons. The first-order chi connectivity index (χ1) is 7.65. The van der Waals surface area contributed by atoms with E-state index in [4.69, 9.17) is 4.74 Å². The van der Waals surface area contributed by atoms with Crippen LogP contribution in [0, 0.1) is 5.41 Å². The maximum atomic E-state index is 11.6. The van der Waals surface area contributed by atoms with Gasteiger partial charge in [0, 0.05) is 25.1 Å². The minimum atomic E-state index is 0.0335. The molecule has 2 rings (SSSR count). The molecule has 0 heterocycles. The van der Waals surface area contributed by atoms with E-state index in [0.717, 1.165) is 13.0 Å². The molecule has 16 heavy (non-hydrogen) atoms. The molecule has 0 aromatic heterocycles. The topological polar surface area (TPSA) is 29.5 Å². The van der Waals surface area contributed by atoms with Crippen LogP contribution in [0.3, 0.4) is 0 Å². The van der Waals surface area contributed by atoms with Crippen molar-refractivity contribution in [1.29, 1.82) is 0 Å². The van der Waals surface area contributed by atoms with Crippen LogP contribution < -0.4 is 0 Å². The van der Waals surface area contributed by atoms with Crippen LogP contribution >= 0.6 is 0 Å². The number of nitrogens with zero attached hydrogens (tertiary/aromatic N) is 1. The van der Waals surface area contributed by atoms with Crippen LogP contribution in [0.1, 0.15) is 32.6 Å². The van der Waals surface area contributed by atoms with Gasteiger partial charge in [-0.25, -0.2) is 0 Å². The smallest absolute Gasteiger partial charge is 0.245 e. The molecule has 2 aliphatic carbocycles. The summed E-state index contributed by atoms with van der Waals surface area (Å²) < 4.78 is 5.77. The van der Waals surface area contributed by atoms with Crippen molar-refractivity contribution in [3.63, 3.8) is 0 Å². The van der Waals surface area contributed by atoms with Crippen LogP contribution in [0.25, 0.3) is 0 Å². The molecular formula is C13H21NO2. The van der Waals surface area contributed by atoms with Gasteiger partial charge >= 0.3 is 0 Å². The van der Waals surface area contributed by atoms with E-state index in [-0.39, 0.29) is 11.3 Å². The Morgan fingerprint density at radius 1 is 1.62 bits per heavy atom. The van der Waals surface area contributed by atoms with Crippen LogP contribution in [0.5, 0.6) is 0 Å². The molecule has 2 atom stereocenters. The molecule has 1 spiro atoms. The lowest BCUT2D eigenvalue weighted by atomic mass is 9.50. The highest BCUT2D eigenvalue weighted by Crippen LogP contribution is 2.58. The summed E-state index contributed by atoms with van der Waals surface area (Å²) in [7, 11) is 1.89. The van der Waals surface area contributed by atoms with Gasteiger partial charge in [-0.05, 0) is 32.3 Å². The van der Waals surface area contributed by atoms with Gasteiger partial charge in [0.1, 0.15) is 0 Å². The third-order valence-corrected chi connectivity index (χ3v) is 4.38. The zero-order valence-corrected chi connectivity index (χ0v) is 10.2. The summed E-state index contributed by atoms with van der Waals surface area (Å²) in [4.78, 5) is 13.5. The number of carbonyl (C=O) groups is 1. The Morgan fingerprint density at radius 2 is 2.31 bits per heavy atom. The van der Waals surface area contributed by atoms with Crippen molar-refractivity contribution in [3.05, 3.63) is 12.7 Å². The van der Waals surface area contributed by atoms with Crippen molar-refractivity contribution < 1.29 is 9.53 Å². The maximum absolute atomic E-state index is 11.6. The Labute approximate surface area is 97.5 Å². The first-order valence-electron chi connectivity index (χ1n) is 6.16. The molecular weight excluding hydrogens is 202 g/mol. The van der Waals surface area contributed by atoms with Gasteiger partial charge in [-0.15, -0.1) is 0 Å².